The minimum atomic E-state index is -1.97. The maximum Gasteiger partial charge on any atom is 0.334 e. The summed E-state index contributed by atoms with van der Waals surface area (Å²) in [5.74, 6) is 0. The van der Waals surface area contributed by atoms with Gasteiger partial charge in [0, 0.05) is 32.1 Å². The molecule has 0 amide bonds. The molecule has 0 aromatic rings. The second kappa shape index (κ2) is 14.7. The summed E-state index contributed by atoms with van der Waals surface area (Å²) < 4.78 is 23.7. The van der Waals surface area contributed by atoms with Crippen molar-refractivity contribution in [3.8, 4) is 0 Å². The van der Waals surface area contributed by atoms with Crippen LogP contribution in [0.4, 0.5) is 0 Å². The summed E-state index contributed by atoms with van der Waals surface area (Å²) in [6.45, 7) is 18.3. The lowest BCUT2D eigenvalue weighted by Gasteiger charge is -2.37. The van der Waals surface area contributed by atoms with Crippen molar-refractivity contribution in [1.29, 1.82) is 0 Å². The minimum Gasteiger partial charge on any atom is -0.432 e. The number of hydrogen-bond donors (Lipinski definition) is 1. The van der Waals surface area contributed by atoms with Crippen LogP contribution in [0.25, 0.3) is 0 Å². The molecule has 0 aromatic heterocycles. The zero-order valence-electron chi connectivity index (χ0n) is 19.6. The van der Waals surface area contributed by atoms with E-state index in [0.717, 1.165) is 37.8 Å². The fourth-order valence-corrected chi connectivity index (χ4v) is 25.3. The van der Waals surface area contributed by atoms with Crippen molar-refractivity contribution in [1.82, 2.24) is 0 Å². The minimum absolute atomic E-state index is 0. The van der Waals surface area contributed by atoms with Crippen LogP contribution in [0.1, 0.15) is 54.4 Å². The molecule has 2 aliphatic rings. The molecule has 0 radical (unpaired) electrons. The fraction of sp³-hybridized carbons (Fsp3) is 1.00. The molecule has 2 aliphatic heterocycles. The Hall–Kier alpha value is 0.668. The first-order chi connectivity index (χ1) is 12.9. The van der Waals surface area contributed by atoms with E-state index in [0.29, 0.717) is 0 Å². The normalized spacial score (nSPS) is 27.2. The zero-order valence-corrected chi connectivity index (χ0v) is 23.6. The number of rotatable bonds is 8. The van der Waals surface area contributed by atoms with E-state index in [2.05, 4.69) is 33.5 Å². The quantitative estimate of drug-likeness (QED) is 0.390. The molecule has 2 rings (SSSR count). The molecule has 0 aromatic carbocycles. The third-order valence-electron chi connectivity index (χ3n) is 5.50. The second-order valence-corrected chi connectivity index (χ2v) is 26.4. The third-order valence-corrected chi connectivity index (χ3v) is 23.9. The average molecular weight is 499 g/mol. The molecule has 9 heteroatoms. The Labute approximate surface area is 192 Å². The molecule has 184 valence electrons. The van der Waals surface area contributed by atoms with Crippen molar-refractivity contribution >= 4 is 33.5 Å². The van der Waals surface area contributed by atoms with Gasteiger partial charge in [0.1, 0.15) is 0 Å². The van der Waals surface area contributed by atoms with E-state index in [1.807, 2.05) is 13.1 Å². The second-order valence-electron chi connectivity index (χ2n) is 9.68. The van der Waals surface area contributed by atoms with Crippen molar-refractivity contribution in [2.24, 2.45) is 0 Å². The van der Waals surface area contributed by atoms with Crippen LogP contribution in [0.3, 0.4) is 0 Å². The van der Waals surface area contributed by atoms with Crippen molar-refractivity contribution < 1.29 is 22.5 Å². The molecule has 30 heavy (non-hydrogen) atoms. The van der Waals surface area contributed by atoms with E-state index < -0.39 is 33.5 Å². The Balaban J connectivity index is 0. The van der Waals surface area contributed by atoms with Crippen LogP contribution in [0.15, 0.2) is 0 Å². The SMILES string of the molecule is C.C.CCO[Si](C)(C[Si]1(C)CCCCO1)OCC.C[Si](C)(O)C[Si]1(C)CCCCO1. The summed E-state index contributed by atoms with van der Waals surface area (Å²) in [7, 11) is -6.85. The van der Waals surface area contributed by atoms with Crippen LogP contribution < -0.4 is 0 Å². The van der Waals surface area contributed by atoms with E-state index in [1.165, 1.54) is 37.8 Å². The lowest BCUT2D eigenvalue weighted by atomic mass is 10.4. The Bertz CT molecular complexity index is 428. The molecule has 2 unspecified atom stereocenters. The first-order valence-corrected chi connectivity index (χ1v) is 22.6. The first kappa shape index (κ1) is 32.8. The Morgan fingerprint density at radius 2 is 1.17 bits per heavy atom. The Morgan fingerprint density at radius 1 is 0.767 bits per heavy atom. The maximum absolute atomic E-state index is 9.83. The van der Waals surface area contributed by atoms with Crippen LogP contribution in [-0.4, -0.2) is 64.7 Å². The predicted molar refractivity (Wildman–Crippen MR) is 141 cm³/mol. The highest BCUT2D eigenvalue weighted by Crippen LogP contribution is 2.31. The molecular formula is C21H54O5Si4. The molecule has 2 heterocycles. The smallest absolute Gasteiger partial charge is 0.334 e. The molecule has 2 saturated heterocycles. The van der Waals surface area contributed by atoms with Gasteiger partial charge in [-0.2, -0.15) is 0 Å². The summed E-state index contributed by atoms with van der Waals surface area (Å²) in [5, 5.41) is 0. The van der Waals surface area contributed by atoms with Crippen LogP contribution in [0.2, 0.25) is 56.2 Å². The monoisotopic (exact) mass is 498 g/mol. The summed E-state index contributed by atoms with van der Waals surface area (Å²) in [6.07, 6.45) is 5.08. The highest BCUT2D eigenvalue weighted by molar-refractivity contribution is 6.89. The van der Waals surface area contributed by atoms with Crippen LogP contribution in [0, 0.1) is 0 Å². The van der Waals surface area contributed by atoms with Crippen LogP contribution in [0.5, 0.6) is 0 Å². The predicted octanol–water partition coefficient (Wildman–Crippen LogP) is 6.44. The molecule has 5 nitrogen and oxygen atoms in total. The topological polar surface area (TPSA) is 57.2 Å². The zero-order chi connectivity index (χ0) is 21.3. The van der Waals surface area contributed by atoms with Crippen molar-refractivity contribution in [3.05, 3.63) is 0 Å². The standard InChI is InChI=1S/C11H26O3Si2.C8H20O2Si2.2CH4/c1-5-12-16(4,13-6-2)11-15(3)10-8-7-9-14-15;1-11(2,9)8-12(3)7-5-4-6-10-12;;/h5-11H2,1-4H3;9H,4-8H2,1-3H3;2*1H4. The van der Waals surface area contributed by atoms with Gasteiger partial charge in [0.2, 0.25) is 0 Å². The van der Waals surface area contributed by atoms with Gasteiger partial charge in [-0.3, -0.25) is 0 Å². The maximum atomic E-state index is 9.83. The van der Waals surface area contributed by atoms with Crippen LogP contribution in [-0.2, 0) is 17.7 Å². The largest absolute Gasteiger partial charge is 0.432 e. The van der Waals surface area contributed by atoms with Crippen molar-refractivity contribution in [2.45, 2.75) is 111 Å². The Kier molecular flexibility index (Phi) is 16.1. The number of hydrogen-bond acceptors (Lipinski definition) is 5. The first-order valence-electron chi connectivity index (χ1n) is 11.2. The molecular weight excluding hydrogens is 445 g/mol. The van der Waals surface area contributed by atoms with Gasteiger partial charge in [0.05, 0.1) is 0 Å². The summed E-state index contributed by atoms with van der Waals surface area (Å²) in [5.41, 5.74) is 2.10. The van der Waals surface area contributed by atoms with Crippen molar-refractivity contribution in [3.63, 3.8) is 0 Å². The van der Waals surface area contributed by atoms with E-state index in [1.54, 1.807) is 0 Å². The molecule has 1 N–H and O–H groups in total. The molecule has 2 atom stereocenters. The molecule has 0 spiro atoms. The van der Waals surface area contributed by atoms with Crippen molar-refractivity contribution in [2.75, 3.05) is 26.4 Å². The highest BCUT2D eigenvalue weighted by atomic mass is 28.4. The van der Waals surface area contributed by atoms with E-state index in [9.17, 15) is 4.80 Å². The molecule has 2 fully saturated rings. The van der Waals surface area contributed by atoms with Gasteiger partial charge in [0.25, 0.3) is 0 Å². The highest BCUT2D eigenvalue weighted by Gasteiger charge is 2.43. The third kappa shape index (κ3) is 13.3. The summed E-state index contributed by atoms with van der Waals surface area (Å²) in [6, 6.07) is 2.53. The van der Waals surface area contributed by atoms with Gasteiger partial charge in [0.15, 0.2) is 25.0 Å². The molecule has 0 bridgehead atoms. The van der Waals surface area contributed by atoms with Gasteiger partial charge in [-0.05, 0) is 77.2 Å². The Morgan fingerprint density at radius 3 is 1.47 bits per heavy atom. The molecule has 0 saturated carbocycles. The van der Waals surface area contributed by atoms with Gasteiger partial charge >= 0.3 is 8.56 Å². The summed E-state index contributed by atoms with van der Waals surface area (Å²) in [4.78, 5) is 9.83. The van der Waals surface area contributed by atoms with E-state index in [4.69, 9.17) is 17.7 Å². The summed E-state index contributed by atoms with van der Waals surface area (Å²) >= 11 is 0. The van der Waals surface area contributed by atoms with Gasteiger partial charge in [-0.1, -0.05) is 27.7 Å². The average Bonchev–Trinajstić information content (AvgIpc) is 2.54. The van der Waals surface area contributed by atoms with Gasteiger partial charge < -0.3 is 22.5 Å². The van der Waals surface area contributed by atoms with Gasteiger partial charge in [-0.15, -0.1) is 0 Å². The molecule has 0 aliphatic carbocycles. The van der Waals surface area contributed by atoms with E-state index >= 15 is 0 Å². The fourth-order valence-electron chi connectivity index (χ4n) is 4.61. The van der Waals surface area contributed by atoms with Crippen LogP contribution >= 0.6 is 0 Å². The lowest BCUT2D eigenvalue weighted by molar-refractivity contribution is 0.189. The van der Waals surface area contributed by atoms with E-state index in [-0.39, 0.29) is 14.9 Å². The van der Waals surface area contributed by atoms with Gasteiger partial charge in [-0.25, -0.2) is 0 Å². The lowest BCUT2D eigenvalue weighted by Crippen LogP contribution is -2.51.